The van der Waals surface area contributed by atoms with E-state index in [1.165, 1.54) is 4.57 Å². The molecule has 0 amide bonds. The molecule has 0 aliphatic rings. The van der Waals surface area contributed by atoms with E-state index in [-0.39, 0.29) is 6.54 Å². The SMILES string of the molecule is Cc1ccc2nc(C(C)Cl)n(CCC(F)(F)F)c2n1. The second-order valence-corrected chi connectivity index (χ2v) is 5.05. The number of aryl methyl sites for hydroxylation is 2. The van der Waals surface area contributed by atoms with Crippen LogP contribution in [0.3, 0.4) is 0 Å². The summed E-state index contributed by atoms with van der Waals surface area (Å²) in [6, 6.07) is 3.51. The summed E-state index contributed by atoms with van der Waals surface area (Å²) in [4.78, 5) is 8.51. The van der Waals surface area contributed by atoms with Crippen LogP contribution >= 0.6 is 11.6 Å². The van der Waals surface area contributed by atoms with Gasteiger partial charge in [0.05, 0.1) is 11.8 Å². The van der Waals surface area contributed by atoms with Crippen molar-refractivity contribution in [3.05, 3.63) is 23.7 Å². The van der Waals surface area contributed by atoms with E-state index in [0.29, 0.717) is 17.0 Å². The van der Waals surface area contributed by atoms with Crippen molar-refractivity contribution in [3.8, 4) is 0 Å². The molecule has 0 N–H and O–H groups in total. The summed E-state index contributed by atoms with van der Waals surface area (Å²) < 4.78 is 38.6. The van der Waals surface area contributed by atoms with Gasteiger partial charge in [0.2, 0.25) is 0 Å². The van der Waals surface area contributed by atoms with Gasteiger partial charge in [-0.05, 0) is 26.0 Å². The highest BCUT2D eigenvalue weighted by Gasteiger charge is 2.28. The van der Waals surface area contributed by atoms with E-state index in [9.17, 15) is 13.2 Å². The van der Waals surface area contributed by atoms with Gasteiger partial charge in [0.25, 0.3) is 0 Å². The van der Waals surface area contributed by atoms with Gasteiger partial charge in [-0.15, -0.1) is 11.6 Å². The lowest BCUT2D eigenvalue weighted by Gasteiger charge is -2.11. The first-order valence-electron chi connectivity index (χ1n) is 5.82. The zero-order chi connectivity index (χ0) is 14.2. The molecule has 0 aliphatic heterocycles. The van der Waals surface area contributed by atoms with Gasteiger partial charge in [-0.25, -0.2) is 9.97 Å². The van der Waals surface area contributed by atoms with Gasteiger partial charge < -0.3 is 4.57 Å². The Morgan fingerprint density at radius 2 is 2.00 bits per heavy atom. The predicted octanol–water partition coefficient (Wildman–Crippen LogP) is 3.99. The molecular weight excluding hydrogens is 279 g/mol. The molecule has 104 valence electrons. The molecule has 0 radical (unpaired) electrons. The predicted molar refractivity (Wildman–Crippen MR) is 67.2 cm³/mol. The van der Waals surface area contributed by atoms with Gasteiger partial charge in [0.1, 0.15) is 11.3 Å². The number of nitrogens with zero attached hydrogens (tertiary/aromatic N) is 3. The Hall–Kier alpha value is -1.30. The number of hydrogen-bond donors (Lipinski definition) is 0. The molecule has 0 saturated carbocycles. The number of pyridine rings is 1. The Kier molecular flexibility index (Phi) is 3.71. The second kappa shape index (κ2) is 5.00. The van der Waals surface area contributed by atoms with Crippen molar-refractivity contribution in [2.24, 2.45) is 0 Å². The molecule has 2 heterocycles. The summed E-state index contributed by atoms with van der Waals surface area (Å²) >= 11 is 5.98. The number of halogens is 4. The molecule has 2 rings (SSSR count). The number of aromatic nitrogens is 3. The van der Waals surface area contributed by atoms with E-state index < -0.39 is 18.0 Å². The van der Waals surface area contributed by atoms with Gasteiger partial charge in [-0.2, -0.15) is 13.2 Å². The molecule has 7 heteroatoms. The lowest BCUT2D eigenvalue weighted by molar-refractivity contribution is -0.136. The fourth-order valence-electron chi connectivity index (χ4n) is 1.88. The maximum atomic E-state index is 12.4. The van der Waals surface area contributed by atoms with Crippen LogP contribution in [0, 0.1) is 6.92 Å². The van der Waals surface area contributed by atoms with Gasteiger partial charge in [-0.1, -0.05) is 0 Å². The zero-order valence-corrected chi connectivity index (χ0v) is 11.3. The molecule has 3 nitrogen and oxygen atoms in total. The van der Waals surface area contributed by atoms with Crippen molar-refractivity contribution < 1.29 is 13.2 Å². The molecule has 0 aromatic carbocycles. The number of imidazole rings is 1. The van der Waals surface area contributed by atoms with Crippen molar-refractivity contribution in [3.63, 3.8) is 0 Å². The summed E-state index contributed by atoms with van der Waals surface area (Å²) in [5.74, 6) is 0.416. The highest BCUT2D eigenvalue weighted by molar-refractivity contribution is 6.20. The van der Waals surface area contributed by atoms with Crippen LogP contribution in [0.1, 0.15) is 30.2 Å². The quantitative estimate of drug-likeness (QED) is 0.801. The first kappa shape index (κ1) is 14.1. The van der Waals surface area contributed by atoms with Gasteiger partial charge in [0, 0.05) is 12.2 Å². The van der Waals surface area contributed by atoms with Crippen LogP contribution in [0.15, 0.2) is 12.1 Å². The lowest BCUT2D eigenvalue weighted by atomic mass is 10.3. The second-order valence-electron chi connectivity index (χ2n) is 4.40. The molecule has 2 aromatic rings. The van der Waals surface area contributed by atoms with Crippen LogP contribution in [0.25, 0.3) is 11.2 Å². The van der Waals surface area contributed by atoms with Gasteiger partial charge in [-0.3, -0.25) is 0 Å². The maximum absolute atomic E-state index is 12.4. The molecule has 1 atom stereocenters. The van der Waals surface area contributed by atoms with Gasteiger partial charge in [0.15, 0.2) is 5.65 Å². The highest BCUT2D eigenvalue weighted by atomic mass is 35.5. The number of fused-ring (bicyclic) bond motifs is 1. The van der Waals surface area contributed by atoms with Crippen molar-refractivity contribution in [1.82, 2.24) is 14.5 Å². The molecule has 19 heavy (non-hydrogen) atoms. The number of alkyl halides is 4. The minimum Gasteiger partial charge on any atom is -0.311 e. The average molecular weight is 292 g/mol. The Balaban J connectivity index is 2.48. The number of rotatable bonds is 3. The third-order valence-corrected chi connectivity index (χ3v) is 2.93. The van der Waals surface area contributed by atoms with Gasteiger partial charge >= 0.3 is 6.18 Å². The summed E-state index contributed by atoms with van der Waals surface area (Å²) in [5.41, 5.74) is 1.75. The topological polar surface area (TPSA) is 30.7 Å². The monoisotopic (exact) mass is 291 g/mol. The molecule has 1 unspecified atom stereocenters. The first-order chi connectivity index (χ1) is 8.78. The van der Waals surface area contributed by atoms with E-state index >= 15 is 0 Å². The molecule has 0 bridgehead atoms. The first-order valence-corrected chi connectivity index (χ1v) is 6.26. The molecule has 0 aliphatic carbocycles. The minimum atomic E-state index is -4.22. The fraction of sp³-hybridized carbons (Fsp3) is 0.500. The smallest absolute Gasteiger partial charge is 0.311 e. The summed E-state index contributed by atoms with van der Waals surface area (Å²) in [6.45, 7) is 3.24. The van der Waals surface area contributed by atoms with Crippen LogP contribution in [-0.2, 0) is 6.54 Å². The van der Waals surface area contributed by atoms with Crippen molar-refractivity contribution in [2.75, 3.05) is 0 Å². The van der Waals surface area contributed by atoms with E-state index in [0.717, 1.165) is 5.69 Å². The van der Waals surface area contributed by atoms with E-state index in [1.54, 1.807) is 26.0 Å². The minimum absolute atomic E-state index is 0.219. The van der Waals surface area contributed by atoms with Crippen LogP contribution in [0.4, 0.5) is 13.2 Å². The summed E-state index contributed by atoms with van der Waals surface area (Å²) in [5, 5.41) is -0.470. The third-order valence-electron chi connectivity index (χ3n) is 2.74. The average Bonchev–Trinajstić information content (AvgIpc) is 2.63. The summed E-state index contributed by atoms with van der Waals surface area (Å²) in [7, 11) is 0. The van der Waals surface area contributed by atoms with E-state index in [2.05, 4.69) is 9.97 Å². The maximum Gasteiger partial charge on any atom is 0.390 e. The number of hydrogen-bond acceptors (Lipinski definition) is 2. The fourth-order valence-corrected chi connectivity index (χ4v) is 2.04. The largest absolute Gasteiger partial charge is 0.390 e. The lowest BCUT2D eigenvalue weighted by Crippen LogP contribution is -2.14. The van der Waals surface area contributed by atoms with Crippen LogP contribution < -0.4 is 0 Å². The van der Waals surface area contributed by atoms with Crippen LogP contribution in [0.2, 0.25) is 0 Å². The molecular formula is C12H13ClF3N3. The Bertz CT molecular complexity index is 590. The molecule has 0 saturated heterocycles. The molecule has 2 aromatic heterocycles. The van der Waals surface area contributed by atoms with Crippen molar-refractivity contribution in [1.29, 1.82) is 0 Å². The Morgan fingerprint density at radius 1 is 1.32 bits per heavy atom. The molecule has 0 spiro atoms. The molecule has 0 fully saturated rings. The van der Waals surface area contributed by atoms with Crippen LogP contribution in [0.5, 0.6) is 0 Å². The Labute approximate surface area is 113 Å². The standard InChI is InChI=1S/C12H13ClF3N3/c1-7-3-4-9-11(17-7)19(6-5-12(14,15)16)10(18-9)8(2)13/h3-4,8H,5-6H2,1-2H3. The van der Waals surface area contributed by atoms with Crippen molar-refractivity contribution >= 4 is 22.8 Å². The normalized spacial score (nSPS) is 14.0. The third kappa shape index (κ3) is 3.18. The van der Waals surface area contributed by atoms with Crippen LogP contribution in [-0.4, -0.2) is 20.7 Å². The van der Waals surface area contributed by atoms with E-state index in [1.807, 2.05) is 0 Å². The summed E-state index contributed by atoms with van der Waals surface area (Å²) in [6.07, 6.45) is -5.14. The zero-order valence-electron chi connectivity index (χ0n) is 10.5. The van der Waals surface area contributed by atoms with Crippen molar-refractivity contribution in [2.45, 2.75) is 38.4 Å². The Morgan fingerprint density at radius 3 is 2.58 bits per heavy atom. The highest BCUT2D eigenvalue weighted by Crippen LogP contribution is 2.27. The van der Waals surface area contributed by atoms with E-state index in [4.69, 9.17) is 11.6 Å².